The summed E-state index contributed by atoms with van der Waals surface area (Å²) >= 11 is 12.3. The number of likely N-dealkylation sites (N-methyl/N-ethyl adjacent to an activating group) is 1. The van der Waals surface area contributed by atoms with Crippen LogP contribution in [0.25, 0.3) is 0 Å². The zero-order valence-electron chi connectivity index (χ0n) is 19.5. The summed E-state index contributed by atoms with van der Waals surface area (Å²) in [7, 11) is 1.87. The predicted octanol–water partition coefficient (Wildman–Crippen LogP) is 5.57. The van der Waals surface area contributed by atoms with Gasteiger partial charge in [-0.15, -0.1) is 0 Å². The van der Waals surface area contributed by atoms with E-state index in [1.165, 1.54) is 0 Å². The summed E-state index contributed by atoms with van der Waals surface area (Å²) in [5, 5.41) is 11.3. The second-order valence-corrected chi connectivity index (χ2v) is 10.1. The molecule has 2 atom stereocenters. The Labute approximate surface area is 211 Å². The van der Waals surface area contributed by atoms with E-state index in [4.69, 9.17) is 23.2 Å². The Morgan fingerprint density at radius 1 is 1.00 bits per heavy atom. The molecule has 0 bridgehead atoms. The molecular weight excluding hydrogens is 467 g/mol. The standard InChI is InChI=1S/C28H30Cl2N2O2/c1-28(21-8-12-23(29)13-9-21,22-10-14-24(30)15-11-22)27(34)31(2)26(20-6-4-3-5-7-20)19-32-17-16-25(33)18-32/h3-15,25-26,33H,16-19H2,1-2H3/t25-,26+/m0/s1. The molecule has 1 heterocycles. The zero-order chi connectivity index (χ0) is 24.3. The summed E-state index contributed by atoms with van der Waals surface area (Å²) in [6.07, 6.45) is 0.442. The molecule has 3 aromatic rings. The van der Waals surface area contributed by atoms with Crippen LogP contribution in [0.15, 0.2) is 78.9 Å². The fourth-order valence-corrected chi connectivity index (χ4v) is 5.08. The number of hydrogen-bond acceptors (Lipinski definition) is 3. The Hall–Kier alpha value is -2.37. The highest BCUT2D eigenvalue weighted by molar-refractivity contribution is 6.30. The zero-order valence-corrected chi connectivity index (χ0v) is 21.0. The van der Waals surface area contributed by atoms with Crippen molar-refractivity contribution in [1.29, 1.82) is 0 Å². The van der Waals surface area contributed by atoms with Crippen LogP contribution in [0.5, 0.6) is 0 Å². The number of β-amino-alcohol motifs (C(OH)–C–C–N with tert-alkyl or cyclic N) is 1. The van der Waals surface area contributed by atoms with E-state index in [2.05, 4.69) is 17.0 Å². The highest BCUT2D eigenvalue weighted by Crippen LogP contribution is 2.37. The third-order valence-electron chi connectivity index (χ3n) is 6.92. The monoisotopic (exact) mass is 496 g/mol. The molecular formula is C28H30Cl2N2O2. The van der Waals surface area contributed by atoms with E-state index in [9.17, 15) is 9.90 Å². The third-order valence-corrected chi connectivity index (χ3v) is 7.43. The molecule has 0 unspecified atom stereocenters. The van der Waals surface area contributed by atoms with Gasteiger partial charge in [0, 0.05) is 36.7 Å². The third kappa shape index (κ3) is 5.16. The van der Waals surface area contributed by atoms with Crippen molar-refractivity contribution < 1.29 is 9.90 Å². The van der Waals surface area contributed by atoms with Crippen molar-refractivity contribution in [2.24, 2.45) is 0 Å². The van der Waals surface area contributed by atoms with Crippen LogP contribution in [-0.2, 0) is 10.2 Å². The van der Waals surface area contributed by atoms with Gasteiger partial charge >= 0.3 is 0 Å². The van der Waals surface area contributed by atoms with Gasteiger partial charge in [-0.3, -0.25) is 9.69 Å². The summed E-state index contributed by atoms with van der Waals surface area (Å²) in [5.41, 5.74) is 1.84. The average Bonchev–Trinajstić information content (AvgIpc) is 3.27. The lowest BCUT2D eigenvalue weighted by Gasteiger charge is -2.39. The molecule has 0 radical (unpaired) electrons. The summed E-state index contributed by atoms with van der Waals surface area (Å²) in [6, 6.07) is 24.8. The Bertz CT molecular complexity index is 1060. The first-order valence-corrected chi connectivity index (χ1v) is 12.3. The Kier molecular flexibility index (Phi) is 7.63. The molecule has 34 heavy (non-hydrogen) atoms. The first kappa shape index (κ1) is 24.7. The molecule has 6 heteroatoms. The van der Waals surface area contributed by atoms with E-state index in [-0.39, 0.29) is 18.1 Å². The number of carbonyl (C=O) groups is 1. The van der Waals surface area contributed by atoms with Crippen LogP contribution in [-0.4, -0.2) is 53.6 Å². The van der Waals surface area contributed by atoms with E-state index in [1.54, 1.807) is 0 Å². The summed E-state index contributed by atoms with van der Waals surface area (Å²) in [5.74, 6) is -0.0225. The highest BCUT2D eigenvalue weighted by Gasteiger charge is 2.41. The number of rotatable bonds is 7. The van der Waals surface area contributed by atoms with Crippen molar-refractivity contribution in [1.82, 2.24) is 9.80 Å². The smallest absolute Gasteiger partial charge is 0.237 e. The lowest BCUT2D eigenvalue weighted by atomic mass is 9.74. The Morgan fingerprint density at radius 2 is 1.53 bits per heavy atom. The van der Waals surface area contributed by atoms with Crippen molar-refractivity contribution in [3.05, 3.63) is 106 Å². The molecule has 1 N–H and O–H groups in total. The number of aliphatic hydroxyl groups excluding tert-OH is 1. The van der Waals surface area contributed by atoms with Crippen molar-refractivity contribution >= 4 is 29.1 Å². The van der Waals surface area contributed by atoms with Crippen molar-refractivity contribution in [2.45, 2.75) is 30.9 Å². The SMILES string of the molecule is CN(C(=O)C(C)(c1ccc(Cl)cc1)c1ccc(Cl)cc1)[C@H](CN1CC[C@H](O)C1)c1ccccc1. The molecule has 1 aliphatic rings. The minimum atomic E-state index is -0.943. The Balaban J connectivity index is 1.75. The van der Waals surface area contributed by atoms with Gasteiger partial charge in [-0.1, -0.05) is 77.8 Å². The van der Waals surface area contributed by atoms with Crippen LogP contribution in [0.1, 0.15) is 36.1 Å². The van der Waals surface area contributed by atoms with Gasteiger partial charge in [-0.2, -0.15) is 0 Å². The first-order valence-electron chi connectivity index (χ1n) is 11.5. The van der Waals surface area contributed by atoms with Crippen LogP contribution >= 0.6 is 23.2 Å². The number of carbonyl (C=O) groups excluding carboxylic acids is 1. The van der Waals surface area contributed by atoms with E-state index >= 15 is 0 Å². The molecule has 3 aromatic carbocycles. The largest absolute Gasteiger partial charge is 0.392 e. The van der Waals surface area contributed by atoms with E-state index in [1.807, 2.05) is 85.6 Å². The normalized spacial score (nSPS) is 17.5. The maximum absolute atomic E-state index is 14.4. The molecule has 0 aromatic heterocycles. The minimum Gasteiger partial charge on any atom is -0.392 e. The summed E-state index contributed by atoms with van der Waals surface area (Å²) < 4.78 is 0. The van der Waals surface area contributed by atoms with Gasteiger partial charge in [0.05, 0.1) is 17.6 Å². The van der Waals surface area contributed by atoms with Crippen molar-refractivity contribution in [3.63, 3.8) is 0 Å². The van der Waals surface area contributed by atoms with Gasteiger partial charge in [0.2, 0.25) is 5.91 Å². The number of halogens is 2. The van der Waals surface area contributed by atoms with E-state index in [0.717, 1.165) is 29.7 Å². The molecule has 1 aliphatic heterocycles. The molecule has 0 spiro atoms. The molecule has 1 saturated heterocycles. The van der Waals surface area contributed by atoms with Crippen LogP contribution in [0.2, 0.25) is 10.0 Å². The lowest BCUT2D eigenvalue weighted by Crippen LogP contribution is -2.48. The number of aliphatic hydroxyl groups is 1. The molecule has 1 amide bonds. The summed E-state index contributed by atoms with van der Waals surface area (Å²) in [4.78, 5) is 18.5. The average molecular weight is 497 g/mol. The maximum atomic E-state index is 14.4. The van der Waals surface area contributed by atoms with Gasteiger partial charge in [0.1, 0.15) is 0 Å². The highest BCUT2D eigenvalue weighted by atomic mass is 35.5. The fourth-order valence-electron chi connectivity index (χ4n) is 4.82. The van der Waals surface area contributed by atoms with Crippen LogP contribution in [0.4, 0.5) is 0 Å². The Morgan fingerprint density at radius 3 is 2.00 bits per heavy atom. The first-order chi connectivity index (χ1) is 16.3. The van der Waals surface area contributed by atoms with Crippen LogP contribution in [0.3, 0.4) is 0 Å². The fraction of sp³-hybridized carbons (Fsp3) is 0.321. The minimum absolute atomic E-state index is 0.0225. The summed E-state index contributed by atoms with van der Waals surface area (Å²) in [6.45, 7) is 4.05. The van der Waals surface area contributed by atoms with Gasteiger partial charge in [-0.05, 0) is 54.3 Å². The molecule has 0 aliphatic carbocycles. The van der Waals surface area contributed by atoms with Gasteiger partial charge in [0.25, 0.3) is 0 Å². The second-order valence-electron chi connectivity index (χ2n) is 9.18. The number of benzene rings is 3. The quantitative estimate of drug-likeness (QED) is 0.465. The van der Waals surface area contributed by atoms with Gasteiger partial charge in [-0.25, -0.2) is 0 Å². The predicted molar refractivity (Wildman–Crippen MR) is 138 cm³/mol. The molecule has 0 saturated carbocycles. The lowest BCUT2D eigenvalue weighted by molar-refractivity contribution is -0.136. The van der Waals surface area contributed by atoms with Crippen molar-refractivity contribution in [2.75, 3.05) is 26.7 Å². The number of nitrogens with zero attached hydrogens (tertiary/aromatic N) is 2. The molecule has 1 fully saturated rings. The molecule has 4 nitrogen and oxygen atoms in total. The van der Waals surface area contributed by atoms with Crippen molar-refractivity contribution in [3.8, 4) is 0 Å². The van der Waals surface area contributed by atoms with E-state index in [0.29, 0.717) is 23.1 Å². The molecule has 4 rings (SSSR count). The molecule has 178 valence electrons. The topological polar surface area (TPSA) is 43.8 Å². The van der Waals surface area contributed by atoms with Crippen LogP contribution < -0.4 is 0 Å². The number of hydrogen-bond donors (Lipinski definition) is 1. The second kappa shape index (κ2) is 10.5. The maximum Gasteiger partial charge on any atom is 0.237 e. The van der Waals surface area contributed by atoms with E-state index < -0.39 is 5.41 Å². The number of likely N-dealkylation sites (tertiary alicyclic amines) is 1. The van der Waals surface area contributed by atoms with Crippen LogP contribution in [0, 0.1) is 0 Å². The number of amides is 1. The van der Waals surface area contributed by atoms with Gasteiger partial charge in [0.15, 0.2) is 0 Å². The van der Waals surface area contributed by atoms with Gasteiger partial charge < -0.3 is 10.0 Å².